The molecule has 9 nitrogen and oxygen atoms in total. The molecule has 0 radical (unpaired) electrons. The van der Waals surface area contributed by atoms with E-state index in [1.807, 2.05) is 0 Å². The molecule has 1 aromatic rings. The lowest BCUT2D eigenvalue weighted by Crippen LogP contribution is -2.54. The van der Waals surface area contributed by atoms with Crippen molar-refractivity contribution < 1.29 is 28.6 Å². The van der Waals surface area contributed by atoms with E-state index in [2.05, 4.69) is 10.6 Å². The molecule has 2 N–H and O–H groups in total. The highest BCUT2D eigenvalue weighted by molar-refractivity contribution is 6.00. The zero-order chi connectivity index (χ0) is 25.1. The average Bonchev–Trinajstić information content (AvgIpc) is 3.40. The van der Waals surface area contributed by atoms with Gasteiger partial charge in [0.25, 0.3) is 5.91 Å². The maximum atomic E-state index is 13.4. The van der Waals surface area contributed by atoms with E-state index in [0.29, 0.717) is 68.5 Å². The molecule has 1 aromatic carbocycles. The Hall–Kier alpha value is -2.65. The summed E-state index contributed by atoms with van der Waals surface area (Å²) in [5, 5.41) is 6.09. The molecule has 3 fully saturated rings. The molecule has 0 spiro atoms. The summed E-state index contributed by atoms with van der Waals surface area (Å²) in [6, 6.07) is 5.35. The Labute approximate surface area is 212 Å². The van der Waals surface area contributed by atoms with E-state index in [1.54, 1.807) is 30.1 Å². The van der Waals surface area contributed by atoms with Gasteiger partial charge in [0.05, 0.1) is 24.1 Å². The number of carbonyl (C=O) groups excluding carboxylic acids is 3. The normalized spacial score (nSPS) is 27.3. The van der Waals surface area contributed by atoms with Crippen molar-refractivity contribution in [3.05, 3.63) is 23.8 Å². The minimum atomic E-state index is -0.307. The van der Waals surface area contributed by atoms with Crippen LogP contribution in [0.5, 0.6) is 5.75 Å². The van der Waals surface area contributed by atoms with E-state index in [1.165, 1.54) is 12.8 Å². The molecule has 4 aliphatic rings. The van der Waals surface area contributed by atoms with E-state index in [-0.39, 0.29) is 41.9 Å². The minimum absolute atomic E-state index is 0.0437. The fourth-order valence-electron chi connectivity index (χ4n) is 5.87. The summed E-state index contributed by atoms with van der Waals surface area (Å²) in [5.41, 5.74) is 1.01. The number of nitrogens with one attached hydrogen (secondary N) is 2. The van der Waals surface area contributed by atoms with Crippen LogP contribution in [0.2, 0.25) is 0 Å². The minimum Gasteiger partial charge on any atom is -0.490 e. The van der Waals surface area contributed by atoms with Crippen molar-refractivity contribution in [2.75, 3.05) is 32.2 Å². The van der Waals surface area contributed by atoms with Crippen LogP contribution in [0.3, 0.4) is 0 Å². The number of hydrogen-bond acceptors (Lipinski definition) is 6. The standard InChI is InChI=1S/C27H37N3O6/c1-30-22-8-7-20(15-25(31)28-18-4-2-3-5-18)36-24(22)16-35-23-9-6-19(14-21(23)27(30)33)29-26(32)17-10-12-34-13-11-17/h6,9,14,17-18,20,22,24H,2-5,7-8,10-13,15-16H2,1H3,(H,28,31)(H,29,32)/t20-,22+,24+/m1/s1. The lowest BCUT2D eigenvalue weighted by atomic mass is 9.94. The Balaban J connectivity index is 1.22. The SMILES string of the molecule is CN1C(=O)c2cc(NC(=O)C3CCOCC3)ccc2OC[C@@H]2O[C@@H](CC(=O)NC3CCCC3)CC[C@@H]21. The van der Waals surface area contributed by atoms with Gasteiger partial charge in [0.1, 0.15) is 18.5 Å². The number of likely N-dealkylation sites (N-methyl/N-ethyl adjacent to an activating group) is 1. The first-order valence-electron chi connectivity index (χ1n) is 13.4. The van der Waals surface area contributed by atoms with Crippen molar-refractivity contribution in [3.63, 3.8) is 0 Å². The van der Waals surface area contributed by atoms with Gasteiger partial charge in [-0.15, -0.1) is 0 Å². The van der Waals surface area contributed by atoms with E-state index in [4.69, 9.17) is 14.2 Å². The lowest BCUT2D eigenvalue weighted by molar-refractivity contribution is -0.134. The molecule has 36 heavy (non-hydrogen) atoms. The van der Waals surface area contributed by atoms with Gasteiger partial charge in [-0.25, -0.2) is 0 Å². The Morgan fingerprint density at radius 3 is 2.61 bits per heavy atom. The highest BCUT2D eigenvalue weighted by atomic mass is 16.5. The first-order valence-corrected chi connectivity index (χ1v) is 13.4. The number of anilines is 1. The third-order valence-electron chi connectivity index (χ3n) is 8.00. The molecule has 5 rings (SSSR count). The second kappa shape index (κ2) is 11.2. The number of nitrogens with zero attached hydrogens (tertiary/aromatic N) is 1. The maximum absolute atomic E-state index is 13.4. The second-order valence-corrected chi connectivity index (χ2v) is 10.5. The maximum Gasteiger partial charge on any atom is 0.257 e. The van der Waals surface area contributed by atoms with Gasteiger partial charge in [0.2, 0.25) is 11.8 Å². The Kier molecular flexibility index (Phi) is 7.76. The summed E-state index contributed by atoms with van der Waals surface area (Å²) in [6.45, 7) is 1.48. The van der Waals surface area contributed by atoms with Crippen LogP contribution in [0.25, 0.3) is 0 Å². The van der Waals surface area contributed by atoms with Gasteiger partial charge >= 0.3 is 0 Å². The van der Waals surface area contributed by atoms with Gasteiger partial charge in [-0.1, -0.05) is 12.8 Å². The zero-order valence-corrected chi connectivity index (χ0v) is 21.0. The molecule has 3 atom stereocenters. The van der Waals surface area contributed by atoms with Crippen molar-refractivity contribution >= 4 is 23.4 Å². The summed E-state index contributed by atoms with van der Waals surface area (Å²) in [5.74, 6) is 0.225. The predicted octanol–water partition coefficient (Wildman–Crippen LogP) is 2.88. The second-order valence-electron chi connectivity index (χ2n) is 10.5. The topological polar surface area (TPSA) is 106 Å². The van der Waals surface area contributed by atoms with Crippen LogP contribution in [-0.4, -0.2) is 73.8 Å². The summed E-state index contributed by atoms with van der Waals surface area (Å²) in [6.07, 6.45) is 7.19. The molecule has 1 aliphatic carbocycles. The first kappa shape index (κ1) is 25.0. The van der Waals surface area contributed by atoms with Gasteiger partial charge in [0, 0.05) is 37.9 Å². The zero-order valence-electron chi connectivity index (χ0n) is 21.0. The molecule has 9 heteroatoms. The number of fused-ring (bicyclic) bond motifs is 2. The third kappa shape index (κ3) is 5.67. The first-order chi connectivity index (χ1) is 17.5. The lowest BCUT2D eigenvalue weighted by Gasteiger charge is -2.42. The Morgan fingerprint density at radius 2 is 1.83 bits per heavy atom. The highest BCUT2D eigenvalue weighted by Gasteiger charge is 2.39. The molecule has 3 aliphatic heterocycles. The Bertz CT molecular complexity index is 972. The number of ether oxygens (including phenoxy) is 3. The molecule has 3 amide bonds. The molecule has 3 heterocycles. The Morgan fingerprint density at radius 1 is 1.06 bits per heavy atom. The van der Waals surface area contributed by atoms with Crippen molar-refractivity contribution in [3.8, 4) is 5.75 Å². The average molecular weight is 500 g/mol. The van der Waals surface area contributed by atoms with Gasteiger partial charge in [-0.3, -0.25) is 14.4 Å². The summed E-state index contributed by atoms with van der Waals surface area (Å²) in [7, 11) is 1.79. The van der Waals surface area contributed by atoms with E-state index in [0.717, 1.165) is 19.3 Å². The third-order valence-corrected chi connectivity index (χ3v) is 8.00. The highest BCUT2D eigenvalue weighted by Crippen LogP contribution is 2.33. The molecule has 0 bridgehead atoms. The monoisotopic (exact) mass is 499 g/mol. The number of amides is 3. The van der Waals surface area contributed by atoms with Crippen LogP contribution < -0.4 is 15.4 Å². The van der Waals surface area contributed by atoms with E-state index < -0.39 is 0 Å². The molecular weight excluding hydrogens is 462 g/mol. The predicted molar refractivity (Wildman–Crippen MR) is 133 cm³/mol. The number of hydrogen-bond donors (Lipinski definition) is 2. The van der Waals surface area contributed by atoms with Crippen LogP contribution in [0.1, 0.15) is 68.1 Å². The smallest absolute Gasteiger partial charge is 0.257 e. The summed E-state index contributed by atoms with van der Waals surface area (Å²) < 4.78 is 17.7. The molecule has 0 aromatic heterocycles. The molecule has 196 valence electrons. The largest absolute Gasteiger partial charge is 0.490 e. The molecule has 0 unspecified atom stereocenters. The molecule has 1 saturated carbocycles. The van der Waals surface area contributed by atoms with Gasteiger partial charge in [-0.2, -0.15) is 0 Å². The van der Waals surface area contributed by atoms with E-state index >= 15 is 0 Å². The number of carbonyl (C=O) groups is 3. The summed E-state index contributed by atoms with van der Waals surface area (Å²) in [4.78, 5) is 40.3. The van der Waals surface area contributed by atoms with Crippen molar-refractivity contribution in [1.82, 2.24) is 10.2 Å². The van der Waals surface area contributed by atoms with Crippen LogP contribution in [0, 0.1) is 5.92 Å². The van der Waals surface area contributed by atoms with Crippen molar-refractivity contribution in [2.24, 2.45) is 5.92 Å². The molecular formula is C27H37N3O6. The van der Waals surface area contributed by atoms with Gasteiger partial charge in [0.15, 0.2) is 0 Å². The van der Waals surface area contributed by atoms with Crippen molar-refractivity contribution in [2.45, 2.75) is 82.1 Å². The van der Waals surface area contributed by atoms with Crippen LogP contribution >= 0.6 is 0 Å². The number of benzene rings is 1. The van der Waals surface area contributed by atoms with Gasteiger partial charge in [-0.05, 0) is 56.7 Å². The summed E-state index contributed by atoms with van der Waals surface area (Å²) >= 11 is 0. The van der Waals surface area contributed by atoms with E-state index in [9.17, 15) is 14.4 Å². The quantitative estimate of drug-likeness (QED) is 0.645. The fraction of sp³-hybridized carbons (Fsp3) is 0.667. The van der Waals surface area contributed by atoms with Crippen LogP contribution in [0.15, 0.2) is 18.2 Å². The fourth-order valence-corrected chi connectivity index (χ4v) is 5.87. The van der Waals surface area contributed by atoms with Gasteiger partial charge < -0.3 is 29.7 Å². The van der Waals surface area contributed by atoms with Crippen molar-refractivity contribution in [1.29, 1.82) is 0 Å². The molecule has 2 saturated heterocycles. The van der Waals surface area contributed by atoms with Crippen LogP contribution in [0.4, 0.5) is 5.69 Å². The number of rotatable bonds is 5. The van der Waals surface area contributed by atoms with Crippen LogP contribution in [-0.2, 0) is 19.1 Å².